The number of anilines is 3. The second-order valence-corrected chi connectivity index (χ2v) is 5.61. The molecule has 4 nitrogen and oxygen atoms in total. The Morgan fingerprint density at radius 2 is 1.64 bits per heavy atom. The fraction of sp³-hybridized carbons (Fsp3) is 0.222. The quantitative estimate of drug-likeness (QED) is 0.792. The van der Waals surface area contributed by atoms with Gasteiger partial charge in [-0.2, -0.15) is 0 Å². The molecule has 22 heavy (non-hydrogen) atoms. The van der Waals surface area contributed by atoms with E-state index in [-0.39, 0.29) is 0 Å². The van der Waals surface area contributed by atoms with Gasteiger partial charge < -0.3 is 10.2 Å². The first-order valence-corrected chi connectivity index (χ1v) is 7.72. The molecule has 0 spiro atoms. The molecule has 2 heterocycles. The molecule has 0 amide bonds. The van der Waals surface area contributed by atoms with E-state index >= 15 is 0 Å². The van der Waals surface area contributed by atoms with Gasteiger partial charge in [0.2, 0.25) is 0 Å². The van der Waals surface area contributed by atoms with Gasteiger partial charge in [-0.05, 0) is 49.2 Å². The third kappa shape index (κ3) is 2.48. The summed E-state index contributed by atoms with van der Waals surface area (Å²) < 4.78 is 0. The number of hydrogen-bond donors (Lipinski definition) is 1. The third-order valence-electron chi connectivity index (χ3n) is 4.14. The molecule has 0 radical (unpaired) electrons. The Balaban J connectivity index is 1.59. The van der Waals surface area contributed by atoms with Gasteiger partial charge in [-0.25, -0.2) is 9.97 Å². The summed E-state index contributed by atoms with van der Waals surface area (Å²) in [6.45, 7) is 2.34. The predicted octanol–water partition coefficient (Wildman–Crippen LogP) is 3.97. The fourth-order valence-corrected chi connectivity index (χ4v) is 2.97. The van der Waals surface area contributed by atoms with Gasteiger partial charge in [0.1, 0.15) is 12.1 Å². The average Bonchev–Trinajstić information content (AvgIpc) is 3.10. The Bertz CT molecular complexity index is 771. The van der Waals surface area contributed by atoms with Crippen molar-refractivity contribution in [3.63, 3.8) is 0 Å². The van der Waals surface area contributed by atoms with E-state index in [4.69, 9.17) is 0 Å². The van der Waals surface area contributed by atoms with Gasteiger partial charge in [-0.1, -0.05) is 12.1 Å². The van der Waals surface area contributed by atoms with E-state index in [1.165, 1.54) is 31.6 Å². The van der Waals surface area contributed by atoms with Gasteiger partial charge >= 0.3 is 0 Å². The van der Waals surface area contributed by atoms with Crippen LogP contribution in [-0.4, -0.2) is 23.1 Å². The summed E-state index contributed by atoms with van der Waals surface area (Å²) in [5.74, 6) is 0.847. The molecule has 4 heteroatoms. The average molecular weight is 290 g/mol. The van der Waals surface area contributed by atoms with E-state index < -0.39 is 0 Å². The van der Waals surface area contributed by atoms with E-state index in [1.54, 1.807) is 6.33 Å². The lowest BCUT2D eigenvalue weighted by Crippen LogP contribution is -2.17. The molecule has 1 aliphatic heterocycles. The van der Waals surface area contributed by atoms with Crippen LogP contribution >= 0.6 is 0 Å². The molecule has 0 atom stereocenters. The Morgan fingerprint density at radius 3 is 2.45 bits per heavy atom. The van der Waals surface area contributed by atoms with Crippen molar-refractivity contribution in [2.24, 2.45) is 0 Å². The molecule has 0 bridgehead atoms. The van der Waals surface area contributed by atoms with Crippen molar-refractivity contribution in [1.29, 1.82) is 0 Å². The van der Waals surface area contributed by atoms with Crippen LogP contribution in [0.25, 0.3) is 10.9 Å². The van der Waals surface area contributed by atoms with Crippen LogP contribution in [0.1, 0.15) is 12.8 Å². The number of nitrogens with one attached hydrogen (secondary N) is 1. The number of aromatic nitrogens is 2. The fourth-order valence-electron chi connectivity index (χ4n) is 2.97. The highest BCUT2D eigenvalue weighted by atomic mass is 15.1. The predicted molar refractivity (Wildman–Crippen MR) is 90.7 cm³/mol. The highest BCUT2D eigenvalue weighted by Crippen LogP contribution is 2.25. The van der Waals surface area contributed by atoms with Gasteiger partial charge in [0.25, 0.3) is 0 Å². The summed E-state index contributed by atoms with van der Waals surface area (Å²) in [7, 11) is 0. The van der Waals surface area contributed by atoms with Crippen LogP contribution in [0.5, 0.6) is 0 Å². The van der Waals surface area contributed by atoms with Crippen molar-refractivity contribution < 1.29 is 0 Å². The van der Waals surface area contributed by atoms with Crippen LogP contribution in [0.2, 0.25) is 0 Å². The molecule has 110 valence electrons. The van der Waals surface area contributed by atoms with Crippen LogP contribution in [0.3, 0.4) is 0 Å². The summed E-state index contributed by atoms with van der Waals surface area (Å²) in [5.41, 5.74) is 3.30. The van der Waals surface area contributed by atoms with Crippen molar-refractivity contribution in [3.8, 4) is 0 Å². The zero-order valence-electron chi connectivity index (χ0n) is 12.4. The first-order valence-electron chi connectivity index (χ1n) is 7.72. The van der Waals surface area contributed by atoms with Crippen molar-refractivity contribution >= 4 is 28.1 Å². The smallest absolute Gasteiger partial charge is 0.141 e. The molecule has 1 N–H and O–H groups in total. The number of nitrogens with zero attached hydrogens (tertiary/aromatic N) is 3. The second kappa shape index (κ2) is 5.64. The molecule has 4 rings (SSSR count). The van der Waals surface area contributed by atoms with E-state index in [0.717, 1.165) is 22.4 Å². The molecular weight excluding hydrogens is 272 g/mol. The van der Waals surface area contributed by atoms with Crippen LogP contribution in [0.4, 0.5) is 17.2 Å². The van der Waals surface area contributed by atoms with Crippen molar-refractivity contribution in [1.82, 2.24) is 9.97 Å². The highest BCUT2D eigenvalue weighted by molar-refractivity contribution is 5.90. The lowest BCUT2D eigenvalue weighted by Gasteiger charge is -2.18. The van der Waals surface area contributed by atoms with Gasteiger partial charge in [0.15, 0.2) is 0 Å². The van der Waals surface area contributed by atoms with Gasteiger partial charge in [0, 0.05) is 29.9 Å². The number of hydrogen-bond acceptors (Lipinski definition) is 4. The zero-order valence-corrected chi connectivity index (χ0v) is 12.4. The molecule has 0 unspecified atom stereocenters. The standard InChI is InChI=1S/C18H18N4/c1-2-6-17-16(5-1)18(20-13-19-17)21-14-7-9-15(10-8-14)22-11-3-4-12-22/h1-2,5-10,13H,3-4,11-12H2,(H,19,20,21). The van der Waals surface area contributed by atoms with Gasteiger partial charge in [-0.3, -0.25) is 0 Å². The van der Waals surface area contributed by atoms with Gasteiger partial charge in [0.05, 0.1) is 5.52 Å². The first-order chi connectivity index (χ1) is 10.9. The topological polar surface area (TPSA) is 41.0 Å². The second-order valence-electron chi connectivity index (χ2n) is 5.61. The number of fused-ring (bicyclic) bond motifs is 1. The van der Waals surface area contributed by atoms with E-state index in [2.05, 4.69) is 44.5 Å². The molecule has 1 aliphatic rings. The Hall–Kier alpha value is -2.62. The molecule has 0 saturated carbocycles. The molecule has 3 aromatic rings. The largest absolute Gasteiger partial charge is 0.372 e. The van der Waals surface area contributed by atoms with E-state index in [1.807, 2.05) is 24.3 Å². The van der Waals surface area contributed by atoms with Gasteiger partial charge in [-0.15, -0.1) is 0 Å². The van der Waals surface area contributed by atoms with Crippen LogP contribution < -0.4 is 10.2 Å². The summed E-state index contributed by atoms with van der Waals surface area (Å²) in [4.78, 5) is 11.1. The molecule has 1 saturated heterocycles. The molecular formula is C18H18N4. The van der Waals surface area contributed by atoms with E-state index in [9.17, 15) is 0 Å². The number of para-hydroxylation sites is 1. The van der Waals surface area contributed by atoms with Crippen molar-refractivity contribution in [3.05, 3.63) is 54.9 Å². The highest BCUT2D eigenvalue weighted by Gasteiger charge is 2.12. The molecule has 1 aromatic heterocycles. The van der Waals surface area contributed by atoms with Crippen molar-refractivity contribution in [2.75, 3.05) is 23.3 Å². The van der Waals surface area contributed by atoms with Crippen molar-refractivity contribution in [2.45, 2.75) is 12.8 Å². The summed E-state index contributed by atoms with van der Waals surface area (Å²) in [6.07, 6.45) is 4.20. The molecule has 1 fully saturated rings. The first kappa shape index (κ1) is 13.1. The van der Waals surface area contributed by atoms with E-state index in [0.29, 0.717) is 0 Å². The Morgan fingerprint density at radius 1 is 0.864 bits per heavy atom. The zero-order chi connectivity index (χ0) is 14.8. The summed E-state index contributed by atoms with van der Waals surface area (Å²) in [5, 5.41) is 4.43. The Kier molecular flexibility index (Phi) is 3.35. The SMILES string of the molecule is c1ccc2c(Nc3ccc(N4CCCC4)cc3)ncnc2c1. The lowest BCUT2D eigenvalue weighted by atomic mass is 10.2. The van der Waals surface area contributed by atoms with Crippen LogP contribution in [0, 0.1) is 0 Å². The number of rotatable bonds is 3. The molecule has 2 aromatic carbocycles. The number of benzene rings is 2. The maximum atomic E-state index is 4.37. The third-order valence-corrected chi connectivity index (χ3v) is 4.14. The normalized spacial score (nSPS) is 14.5. The minimum absolute atomic E-state index is 0.847. The monoisotopic (exact) mass is 290 g/mol. The maximum absolute atomic E-state index is 4.37. The van der Waals surface area contributed by atoms with Crippen LogP contribution in [-0.2, 0) is 0 Å². The lowest BCUT2D eigenvalue weighted by molar-refractivity contribution is 0.949. The van der Waals surface area contributed by atoms with Crippen LogP contribution in [0.15, 0.2) is 54.9 Å². The summed E-state index contributed by atoms with van der Waals surface area (Å²) >= 11 is 0. The minimum atomic E-state index is 0.847. The maximum Gasteiger partial charge on any atom is 0.141 e. The summed E-state index contributed by atoms with van der Waals surface area (Å²) in [6, 6.07) is 16.6. The molecule has 0 aliphatic carbocycles. The minimum Gasteiger partial charge on any atom is -0.372 e. The Labute approximate surface area is 129 Å².